The van der Waals surface area contributed by atoms with Crippen molar-refractivity contribution in [3.8, 4) is 17.0 Å². The van der Waals surface area contributed by atoms with Gasteiger partial charge < -0.3 is 10.1 Å². The van der Waals surface area contributed by atoms with Crippen LogP contribution in [-0.2, 0) is 0 Å². The van der Waals surface area contributed by atoms with Gasteiger partial charge in [0.2, 0.25) is 0 Å². The molecule has 1 aromatic carbocycles. The zero-order valence-electron chi connectivity index (χ0n) is 10.8. The van der Waals surface area contributed by atoms with E-state index in [9.17, 15) is 0 Å². The molecule has 2 heterocycles. The Morgan fingerprint density at radius 1 is 1.32 bits per heavy atom. The highest BCUT2D eigenvalue weighted by molar-refractivity contribution is 7.99. The van der Waals surface area contributed by atoms with E-state index < -0.39 is 0 Å². The molecule has 1 N–H and O–H groups in total. The number of hydrogen-bond donors (Lipinski definition) is 1. The lowest BCUT2D eigenvalue weighted by Gasteiger charge is -2.20. The molecule has 1 saturated heterocycles. The molecule has 1 aromatic heterocycles. The number of thioether (sulfide) groups is 1. The summed E-state index contributed by atoms with van der Waals surface area (Å²) in [6, 6.07) is 8.48. The number of thiazole rings is 1. The first kappa shape index (κ1) is 13.0. The molecule has 100 valence electrons. The lowest BCUT2D eigenvalue weighted by molar-refractivity contribution is 0.415. The topological polar surface area (TPSA) is 34.1 Å². The molecule has 1 unspecified atom stereocenters. The number of methoxy groups -OCH3 is 1. The van der Waals surface area contributed by atoms with E-state index >= 15 is 0 Å². The zero-order chi connectivity index (χ0) is 13.1. The molecular formula is C14H16N2OS2. The molecule has 0 amide bonds. The van der Waals surface area contributed by atoms with Crippen molar-refractivity contribution in [3.63, 3.8) is 0 Å². The van der Waals surface area contributed by atoms with Crippen LogP contribution in [0.4, 0.5) is 0 Å². The van der Waals surface area contributed by atoms with Crippen LogP contribution in [-0.4, -0.2) is 30.1 Å². The molecule has 1 atom stereocenters. The van der Waals surface area contributed by atoms with Crippen LogP contribution in [0.3, 0.4) is 0 Å². The maximum Gasteiger partial charge on any atom is 0.118 e. The number of aromatic nitrogens is 1. The highest BCUT2D eigenvalue weighted by Gasteiger charge is 2.18. The molecule has 1 aliphatic rings. The first-order chi connectivity index (χ1) is 9.36. The molecule has 1 fully saturated rings. The SMILES string of the molecule is COc1ccc(-c2csc(C3CSCCN3)n2)cc1. The molecule has 5 heteroatoms. The fourth-order valence-electron chi connectivity index (χ4n) is 2.07. The highest BCUT2D eigenvalue weighted by atomic mass is 32.2. The summed E-state index contributed by atoms with van der Waals surface area (Å²) in [5.74, 6) is 3.20. The first-order valence-electron chi connectivity index (χ1n) is 6.28. The summed E-state index contributed by atoms with van der Waals surface area (Å²) >= 11 is 3.74. The lowest BCUT2D eigenvalue weighted by atomic mass is 10.2. The minimum atomic E-state index is 0.413. The average molecular weight is 292 g/mol. The highest BCUT2D eigenvalue weighted by Crippen LogP contribution is 2.29. The molecule has 2 aromatic rings. The molecule has 0 saturated carbocycles. The number of nitrogens with one attached hydrogen (secondary N) is 1. The Bertz CT molecular complexity index is 533. The van der Waals surface area contributed by atoms with Gasteiger partial charge in [0, 0.05) is 29.0 Å². The predicted octanol–water partition coefficient (Wildman–Crippen LogP) is 3.20. The second-order valence-electron chi connectivity index (χ2n) is 4.38. The Labute approximate surface area is 121 Å². The molecule has 3 nitrogen and oxygen atoms in total. The van der Waals surface area contributed by atoms with Crippen LogP contribution < -0.4 is 10.1 Å². The number of ether oxygens (including phenoxy) is 1. The molecule has 19 heavy (non-hydrogen) atoms. The van der Waals surface area contributed by atoms with Crippen molar-refractivity contribution >= 4 is 23.1 Å². The third-order valence-corrected chi connectivity index (χ3v) is 5.15. The van der Waals surface area contributed by atoms with Gasteiger partial charge in [-0.25, -0.2) is 4.98 Å². The van der Waals surface area contributed by atoms with E-state index in [0.717, 1.165) is 29.3 Å². The third kappa shape index (κ3) is 2.94. The van der Waals surface area contributed by atoms with Gasteiger partial charge in [-0.1, -0.05) is 0 Å². The van der Waals surface area contributed by atoms with Crippen molar-refractivity contribution in [2.45, 2.75) is 6.04 Å². The van der Waals surface area contributed by atoms with E-state index in [0.29, 0.717) is 6.04 Å². The Morgan fingerprint density at radius 2 is 2.16 bits per heavy atom. The Balaban J connectivity index is 1.79. The molecule has 0 radical (unpaired) electrons. The van der Waals surface area contributed by atoms with E-state index in [1.165, 1.54) is 10.8 Å². The second-order valence-corrected chi connectivity index (χ2v) is 6.42. The summed E-state index contributed by atoms with van der Waals surface area (Å²) in [5, 5.41) is 6.86. The van der Waals surface area contributed by atoms with Crippen molar-refractivity contribution in [1.82, 2.24) is 10.3 Å². The van der Waals surface area contributed by atoms with Gasteiger partial charge in [-0.15, -0.1) is 11.3 Å². The molecule has 0 spiro atoms. The average Bonchev–Trinajstić information content (AvgIpc) is 2.98. The number of benzene rings is 1. The van der Waals surface area contributed by atoms with Crippen LogP contribution in [0.15, 0.2) is 29.6 Å². The summed E-state index contributed by atoms with van der Waals surface area (Å²) in [6.45, 7) is 1.08. The third-order valence-electron chi connectivity index (χ3n) is 3.13. The molecule has 3 rings (SSSR count). The van der Waals surface area contributed by atoms with Crippen molar-refractivity contribution < 1.29 is 4.74 Å². The van der Waals surface area contributed by atoms with Gasteiger partial charge in [-0.05, 0) is 24.3 Å². The quantitative estimate of drug-likeness (QED) is 0.942. The minimum Gasteiger partial charge on any atom is -0.497 e. The summed E-state index contributed by atoms with van der Waals surface area (Å²) < 4.78 is 5.17. The Hall–Kier alpha value is -1.04. The van der Waals surface area contributed by atoms with E-state index in [-0.39, 0.29) is 0 Å². The molecule has 0 aliphatic carbocycles. The fraction of sp³-hybridized carbons (Fsp3) is 0.357. The molecule has 0 bridgehead atoms. The van der Waals surface area contributed by atoms with Gasteiger partial charge in [-0.2, -0.15) is 11.8 Å². The smallest absolute Gasteiger partial charge is 0.118 e. The van der Waals surface area contributed by atoms with E-state index in [2.05, 4.69) is 22.8 Å². The van der Waals surface area contributed by atoms with Crippen molar-refractivity contribution in [2.24, 2.45) is 0 Å². The maximum absolute atomic E-state index is 5.17. The lowest BCUT2D eigenvalue weighted by Crippen LogP contribution is -2.30. The van der Waals surface area contributed by atoms with E-state index in [4.69, 9.17) is 9.72 Å². The number of hydrogen-bond acceptors (Lipinski definition) is 5. The minimum absolute atomic E-state index is 0.413. The second kappa shape index (κ2) is 5.94. The Kier molecular flexibility index (Phi) is 4.06. The van der Waals surface area contributed by atoms with Gasteiger partial charge in [0.25, 0.3) is 0 Å². The Morgan fingerprint density at radius 3 is 2.84 bits per heavy atom. The summed E-state index contributed by atoms with van der Waals surface area (Å²) in [6.07, 6.45) is 0. The summed E-state index contributed by atoms with van der Waals surface area (Å²) in [7, 11) is 1.68. The molecule has 1 aliphatic heterocycles. The van der Waals surface area contributed by atoms with Crippen molar-refractivity contribution in [1.29, 1.82) is 0 Å². The summed E-state index contributed by atoms with van der Waals surface area (Å²) in [4.78, 5) is 4.76. The first-order valence-corrected chi connectivity index (χ1v) is 8.31. The van der Waals surface area contributed by atoms with Crippen molar-refractivity contribution in [2.75, 3.05) is 25.2 Å². The van der Waals surface area contributed by atoms with Crippen molar-refractivity contribution in [3.05, 3.63) is 34.7 Å². The van der Waals surface area contributed by atoms with Gasteiger partial charge in [0.1, 0.15) is 10.8 Å². The van der Waals surface area contributed by atoms with Gasteiger partial charge in [0.15, 0.2) is 0 Å². The number of rotatable bonds is 3. The van der Waals surface area contributed by atoms with Gasteiger partial charge in [-0.3, -0.25) is 0 Å². The summed E-state index contributed by atoms with van der Waals surface area (Å²) in [5.41, 5.74) is 2.20. The van der Waals surface area contributed by atoms with Gasteiger partial charge in [0.05, 0.1) is 18.8 Å². The van der Waals surface area contributed by atoms with E-state index in [1.54, 1.807) is 18.4 Å². The zero-order valence-corrected chi connectivity index (χ0v) is 12.4. The monoisotopic (exact) mass is 292 g/mol. The van der Waals surface area contributed by atoms with Crippen LogP contribution in [0.25, 0.3) is 11.3 Å². The van der Waals surface area contributed by atoms with E-state index in [1.807, 2.05) is 23.9 Å². The van der Waals surface area contributed by atoms with Crippen LogP contribution >= 0.6 is 23.1 Å². The van der Waals surface area contributed by atoms with Crippen LogP contribution in [0, 0.1) is 0 Å². The standard InChI is InChI=1S/C14H16N2OS2/c1-17-11-4-2-10(3-5-11)12-9-19-14(16-12)13-8-18-7-6-15-13/h2-5,9,13,15H,6-8H2,1H3. The molecular weight excluding hydrogens is 276 g/mol. The van der Waals surface area contributed by atoms with Crippen LogP contribution in [0.1, 0.15) is 11.0 Å². The fourth-order valence-corrected chi connectivity index (χ4v) is 4.01. The number of nitrogens with zero attached hydrogens (tertiary/aromatic N) is 1. The predicted molar refractivity (Wildman–Crippen MR) is 82.2 cm³/mol. The van der Waals surface area contributed by atoms with Crippen LogP contribution in [0.5, 0.6) is 5.75 Å². The normalized spacial score (nSPS) is 19.3. The largest absolute Gasteiger partial charge is 0.497 e. The van der Waals surface area contributed by atoms with Crippen LogP contribution in [0.2, 0.25) is 0 Å². The van der Waals surface area contributed by atoms with Gasteiger partial charge >= 0.3 is 0 Å². The maximum atomic E-state index is 5.17.